The molecule has 2 aromatic rings. The van der Waals surface area contributed by atoms with Crippen LogP contribution >= 0.6 is 0 Å². The van der Waals surface area contributed by atoms with Gasteiger partial charge in [0.05, 0.1) is 11.3 Å². The van der Waals surface area contributed by atoms with Crippen molar-refractivity contribution in [2.24, 2.45) is 0 Å². The lowest BCUT2D eigenvalue weighted by Gasteiger charge is -2.08. The highest BCUT2D eigenvalue weighted by atomic mass is 19.1. The summed E-state index contributed by atoms with van der Waals surface area (Å²) in [6.45, 7) is 5.91. The van der Waals surface area contributed by atoms with E-state index >= 15 is 0 Å². The fourth-order valence-electron chi connectivity index (χ4n) is 1.63. The number of hydrogen-bond acceptors (Lipinski definition) is 3. The van der Waals surface area contributed by atoms with Gasteiger partial charge in [0.25, 0.3) is 0 Å². The van der Waals surface area contributed by atoms with Gasteiger partial charge in [0.15, 0.2) is 0 Å². The van der Waals surface area contributed by atoms with E-state index in [1.165, 1.54) is 12.1 Å². The molecule has 1 heterocycles. The Kier molecular flexibility index (Phi) is 3.13. The second-order valence-corrected chi connectivity index (χ2v) is 4.00. The normalized spacial score (nSPS) is 10.6. The molecular weight excluding hydrogens is 221 g/mol. The third-order valence-electron chi connectivity index (χ3n) is 2.69. The molecule has 0 fully saturated rings. The molecule has 0 N–H and O–H groups in total. The van der Waals surface area contributed by atoms with Crippen molar-refractivity contribution in [1.82, 2.24) is 5.16 Å². The van der Waals surface area contributed by atoms with Crippen LogP contribution in [0.1, 0.15) is 22.6 Å². The number of aryl methyl sites for hydroxylation is 3. The molecular formula is C13H14FNO2. The van der Waals surface area contributed by atoms with Gasteiger partial charge in [-0.3, -0.25) is 0 Å². The molecule has 0 aliphatic rings. The Bertz CT molecular complexity index is 515. The summed E-state index contributed by atoms with van der Waals surface area (Å²) in [5, 5.41) is 3.85. The summed E-state index contributed by atoms with van der Waals surface area (Å²) >= 11 is 0. The summed E-state index contributed by atoms with van der Waals surface area (Å²) in [7, 11) is 0. The number of hydrogen-bond donors (Lipinski definition) is 0. The van der Waals surface area contributed by atoms with Crippen molar-refractivity contribution >= 4 is 0 Å². The van der Waals surface area contributed by atoms with Crippen LogP contribution in [0.4, 0.5) is 4.39 Å². The topological polar surface area (TPSA) is 35.3 Å². The maximum Gasteiger partial charge on any atom is 0.140 e. The number of nitrogens with zero attached hydrogens (tertiary/aromatic N) is 1. The largest absolute Gasteiger partial charge is 0.488 e. The Balaban J connectivity index is 2.13. The van der Waals surface area contributed by atoms with E-state index in [9.17, 15) is 4.39 Å². The zero-order chi connectivity index (χ0) is 12.4. The minimum atomic E-state index is -0.257. The predicted molar refractivity (Wildman–Crippen MR) is 61.4 cm³/mol. The Morgan fingerprint density at radius 1 is 1.29 bits per heavy atom. The van der Waals surface area contributed by atoms with Gasteiger partial charge in [-0.15, -0.1) is 0 Å². The summed E-state index contributed by atoms with van der Waals surface area (Å²) in [4.78, 5) is 0. The number of ether oxygens (including phenoxy) is 1. The van der Waals surface area contributed by atoms with Crippen LogP contribution in [-0.4, -0.2) is 5.16 Å². The quantitative estimate of drug-likeness (QED) is 0.818. The first-order chi connectivity index (χ1) is 8.08. The third kappa shape index (κ3) is 2.46. The molecule has 4 heteroatoms. The highest BCUT2D eigenvalue weighted by Gasteiger charge is 2.10. The Labute approximate surface area is 99.2 Å². The van der Waals surface area contributed by atoms with Crippen molar-refractivity contribution in [3.8, 4) is 5.75 Å². The molecule has 0 amide bonds. The Hall–Kier alpha value is -1.84. The highest BCUT2D eigenvalue weighted by molar-refractivity contribution is 5.33. The number of aromatic nitrogens is 1. The number of halogens is 1. The molecule has 0 saturated carbocycles. The molecule has 0 aliphatic carbocycles. The molecule has 0 radical (unpaired) electrons. The first-order valence-corrected chi connectivity index (χ1v) is 5.38. The molecule has 1 aromatic carbocycles. The first kappa shape index (κ1) is 11.6. The standard InChI is InChI=1S/C13H14FNO2/c1-8-6-11(14)4-5-13(8)16-7-12-9(2)15-17-10(12)3/h4-6H,7H2,1-3H3. The van der Waals surface area contributed by atoms with Crippen LogP contribution in [0.5, 0.6) is 5.75 Å². The maximum atomic E-state index is 12.9. The van der Waals surface area contributed by atoms with Crippen LogP contribution in [0.25, 0.3) is 0 Å². The average molecular weight is 235 g/mol. The molecule has 0 spiro atoms. The van der Waals surface area contributed by atoms with E-state index < -0.39 is 0 Å². The Morgan fingerprint density at radius 2 is 2.06 bits per heavy atom. The van der Waals surface area contributed by atoms with Gasteiger partial charge in [-0.25, -0.2) is 4.39 Å². The molecule has 1 aromatic heterocycles. The van der Waals surface area contributed by atoms with Gasteiger partial charge in [-0.2, -0.15) is 0 Å². The van der Waals surface area contributed by atoms with Crippen molar-refractivity contribution in [3.63, 3.8) is 0 Å². The fraction of sp³-hybridized carbons (Fsp3) is 0.308. The molecule has 0 unspecified atom stereocenters. The monoisotopic (exact) mass is 235 g/mol. The third-order valence-corrected chi connectivity index (χ3v) is 2.69. The van der Waals surface area contributed by atoms with Crippen LogP contribution in [0.15, 0.2) is 22.7 Å². The van der Waals surface area contributed by atoms with Gasteiger partial charge >= 0.3 is 0 Å². The van der Waals surface area contributed by atoms with Gasteiger partial charge < -0.3 is 9.26 Å². The number of rotatable bonds is 3. The van der Waals surface area contributed by atoms with E-state index in [0.717, 1.165) is 22.6 Å². The van der Waals surface area contributed by atoms with Crippen LogP contribution in [0.3, 0.4) is 0 Å². The first-order valence-electron chi connectivity index (χ1n) is 5.38. The van der Waals surface area contributed by atoms with E-state index in [-0.39, 0.29) is 5.82 Å². The van der Waals surface area contributed by atoms with Crippen molar-refractivity contribution in [1.29, 1.82) is 0 Å². The maximum absolute atomic E-state index is 12.9. The molecule has 90 valence electrons. The van der Waals surface area contributed by atoms with Gasteiger partial charge in [0.1, 0.15) is 23.9 Å². The molecule has 2 rings (SSSR count). The van der Waals surface area contributed by atoms with Crippen LogP contribution in [0.2, 0.25) is 0 Å². The fourth-order valence-corrected chi connectivity index (χ4v) is 1.63. The van der Waals surface area contributed by atoms with Gasteiger partial charge in [0, 0.05) is 0 Å². The lowest BCUT2D eigenvalue weighted by atomic mass is 10.2. The molecule has 0 saturated heterocycles. The van der Waals surface area contributed by atoms with Crippen LogP contribution in [0, 0.1) is 26.6 Å². The predicted octanol–water partition coefficient (Wildman–Crippen LogP) is 3.32. The molecule has 0 aliphatic heterocycles. The summed E-state index contributed by atoms with van der Waals surface area (Å²) in [6.07, 6.45) is 0. The minimum absolute atomic E-state index is 0.257. The van der Waals surface area contributed by atoms with Crippen molar-refractivity contribution in [3.05, 3.63) is 46.6 Å². The summed E-state index contributed by atoms with van der Waals surface area (Å²) in [6, 6.07) is 4.46. The lowest BCUT2D eigenvalue weighted by molar-refractivity contribution is 0.299. The van der Waals surface area contributed by atoms with E-state index in [0.29, 0.717) is 12.4 Å². The summed E-state index contributed by atoms with van der Waals surface area (Å²) in [5.41, 5.74) is 2.53. The van der Waals surface area contributed by atoms with E-state index in [1.54, 1.807) is 6.07 Å². The zero-order valence-corrected chi connectivity index (χ0v) is 10.1. The van der Waals surface area contributed by atoms with Gasteiger partial charge in [-0.1, -0.05) is 5.16 Å². The Morgan fingerprint density at radius 3 is 2.65 bits per heavy atom. The minimum Gasteiger partial charge on any atom is -0.488 e. The summed E-state index contributed by atoms with van der Waals surface area (Å²) in [5.74, 6) is 1.17. The second kappa shape index (κ2) is 4.57. The average Bonchev–Trinajstić information content (AvgIpc) is 2.58. The van der Waals surface area contributed by atoms with Gasteiger partial charge in [-0.05, 0) is 44.5 Å². The van der Waals surface area contributed by atoms with Crippen LogP contribution < -0.4 is 4.74 Å². The molecule has 0 atom stereocenters. The smallest absolute Gasteiger partial charge is 0.140 e. The number of benzene rings is 1. The molecule has 0 bridgehead atoms. The molecule has 17 heavy (non-hydrogen) atoms. The SMILES string of the molecule is Cc1cc(F)ccc1OCc1c(C)noc1C. The molecule has 3 nitrogen and oxygen atoms in total. The van der Waals surface area contributed by atoms with E-state index in [1.807, 2.05) is 20.8 Å². The van der Waals surface area contributed by atoms with Crippen molar-refractivity contribution in [2.75, 3.05) is 0 Å². The van der Waals surface area contributed by atoms with Crippen molar-refractivity contribution in [2.45, 2.75) is 27.4 Å². The van der Waals surface area contributed by atoms with Crippen LogP contribution in [-0.2, 0) is 6.61 Å². The van der Waals surface area contributed by atoms with E-state index in [4.69, 9.17) is 9.26 Å². The highest BCUT2D eigenvalue weighted by Crippen LogP contribution is 2.21. The lowest BCUT2D eigenvalue weighted by Crippen LogP contribution is -1.99. The van der Waals surface area contributed by atoms with Gasteiger partial charge in [0.2, 0.25) is 0 Å². The van der Waals surface area contributed by atoms with E-state index in [2.05, 4.69) is 5.16 Å². The summed E-state index contributed by atoms with van der Waals surface area (Å²) < 4.78 is 23.6. The van der Waals surface area contributed by atoms with Crippen molar-refractivity contribution < 1.29 is 13.7 Å². The second-order valence-electron chi connectivity index (χ2n) is 4.00. The zero-order valence-electron chi connectivity index (χ0n) is 10.1.